The third-order valence-corrected chi connectivity index (χ3v) is 7.04. The summed E-state index contributed by atoms with van der Waals surface area (Å²) in [5, 5.41) is 20.8. The van der Waals surface area contributed by atoms with E-state index in [9.17, 15) is 10.4 Å². The second kappa shape index (κ2) is 12.0. The molecule has 0 amide bonds. The fraction of sp³-hybridized carbons (Fsp3) is 0.500. The highest BCUT2D eigenvalue weighted by Gasteiger charge is 2.39. The summed E-state index contributed by atoms with van der Waals surface area (Å²) in [6, 6.07) is 18.7. The SMILES string of the molecule is CN1CCN(CC(c2ccc(-c3cccc(C#N)c3)cc2)C2(O)CCCCC2)CC1.Cl.Cl. The molecule has 1 saturated heterocycles. The first-order valence-corrected chi connectivity index (χ1v) is 11.3. The number of nitriles is 1. The summed E-state index contributed by atoms with van der Waals surface area (Å²) < 4.78 is 0. The van der Waals surface area contributed by atoms with Crippen LogP contribution < -0.4 is 0 Å². The normalized spacial score (nSPS) is 19.8. The highest BCUT2D eigenvalue weighted by Crippen LogP contribution is 2.41. The molecule has 0 aromatic heterocycles. The molecular weight excluding hydrogens is 441 g/mol. The zero-order valence-corrected chi connectivity index (χ0v) is 20.5. The Bertz CT molecular complexity index is 883. The van der Waals surface area contributed by atoms with Crippen molar-refractivity contribution in [3.63, 3.8) is 0 Å². The number of hydrogen-bond acceptors (Lipinski definition) is 4. The van der Waals surface area contributed by atoms with E-state index in [2.05, 4.69) is 47.2 Å². The second-order valence-corrected chi connectivity index (χ2v) is 9.14. The van der Waals surface area contributed by atoms with Crippen LogP contribution in [0.3, 0.4) is 0 Å². The second-order valence-electron chi connectivity index (χ2n) is 9.14. The number of nitrogens with zero attached hydrogens (tertiary/aromatic N) is 3. The molecule has 1 aliphatic carbocycles. The van der Waals surface area contributed by atoms with Crippen LogP contribution >= 0.6 is 24.8 Å². The van der Waals surface area contributed by atoms with Gasteiger partial charge in [0, 0.05) is 38.6 Å². The van der Waals surface area contributed by atoms with Crippen LogP contribution in [-0.2, 0) is 0 Å². The molecule has 2 fully saturated rings. The van der Waals surface area contributed by atoms with Gasteiger partial charge in [0.05, 0.1) is 17.2 Å². The van der Waals surface area contributed by atoms with Crippen molar-refractivity contribution in [1.29, 1.82) is 5.26 Å². The fourth-order valence-electron chi connectivity index (χ4n) is 5.06. The van der Waals surface area contributed by atoms with E-state index < -0.39 is 5.60 Å². The molecule has 32 heavy (non-hydrogen) atoms. The minimum Gasteiger partial charge on any atom is -0.389 e. The van der Waals surface area contributed by atoms with Crippen LogP contribution in [0.1, 0.15) is 49.1 Å². The molecule has 6 heteroatoms. The molecule has 1 aliphatic heterocycles. The van der Waals surface area contributed by atoms with Crippen LogP contribution in [0, 0.1) is 11.3 Å². The third-order valence-electron chi connectivity index (χ3n) is 7.04. The van der Waals surface area contributed by atoms with Crippen molar-refractivity contribution in [2.45, 2.75) is 43.6 Å². The maximum absolute atomic E-state index is 11.6. The lowest BCUT2D eigenvalue weighted by molar-refractivity contribution is -0.0337. The maximum atomic E-state index is 11.6. The van der Waals surface area contributed by atoms with E-state index in [1.165, 1.54) is 12.0 Å². The summed E-state index contributed by atoms with van der Waals surface area (Å²) in [5.41, 5.74) is 3.49. The zero-order chi connectivity index (χ0) is 21.0. The number of hydrogen-bond donors (Lipinski definition) is 1. The number of piperazine rings is 1. The van der Waals surface area contributed by atoms with Crippen LogP contribution in [0.25, 0.3) is 11.1 Å². The molecule has 4 nitrogen and oxygen atoms in total. The van der Waals surface area contributed by atoms with Gasteiger partial charge in [-0.3, -0.25) is 0 Å². The minimum absolute atomic E-state index is 0. The predicted molar refractivity (Wildman–Crippen MR) is 136 cm³/mol. The van der Waals surface area contributed by atoms with Gasteiger partial charge in [-0.25, -0.2) is 0 Å². The Morgan fingerprint density at radius 2 is 1.59 bits per heavy atom. The molecule has 174 valence electrons. The van der Waals surface area contributed by atoms with Gasteiger partial charge in [-0.1, -0.05) is 55.7 Å². The molecule has 1 atom stereocenters. The van der Waals surface area contributed by atoms with Crippen molar-refractivity contribution in [3.05, 3.63) is 59.7 Å². The molecule has 4 rings (SSSR count). The van der Waals surface area contributed by atoms with Crippen molar-refractivity contribution in [2.24, 2.45) is 0 Å². The topological polar surface area (TPSA) is 50.5 Å². The Morgan fingerprint density at radius 3 is 2.22 bits per heavy atom. The average molecular weight is 476 g/mol. The Kier molecular flexibility index (Phi) is 10.0. The van der Waals surface area contributed by atoms with E-state index in [0.717, 1.165) is 69.5 Å². The smallest absolute Gasteiger partial charge is 0.0991 e. The van der Waals surface area contributed by atoms with Crippen molar-refractivity contribution < 1.29 is 5.11 Å². The van der Waals surface area contributed by atoms with Gasteiger partial charge in [0.1, 0.15) is 0 Å². The van der Waals surface area contributed by atoms with Crippen molar-refractivity contribution in [2.75, 3.05) is 39.8 Å². The minimum atomic E-state index is -0.607. The van der Waals surface area contributed by atoms with Gasteiger partial charge in [0.2, 0.25) is 0 Å². The van der Waals surface area contributed by atoms with Crippen molar-refractivity contribution >= 4 is 24.8 Å². The Hall–Kier alpha value is -1.61. The molecule has 2 aromatic rings. The van der Waals surface area contributed by atoms with Gasteiger partial charge < -0.3 is 14.9 Å². The molecule has 0 spiro atoms. The summed E-state index contributed by atoms with van der Waals surface area (Å²) in [6.45, 7) is 5.26. The number of likely N-dealkylation sites (N-methyl/N-ethyl adjacent to an activating group) is 1. The Labute approximate surface area is 205 Å². The van der Waals surface area contributed by atoms with Gasteiger partial charge >= 0.3 is 0 Å². The van der Waals surface area contributed by atoms with Gasteiger partial charge in [0.25, 0.3) is 0 Å². The quantitative estimate of drug-likeness (QED) is 0.653. The van der Waals surface area contributed by atoms with E-state index in [0.29, 0.717) is 5.56 Å². The lowest BCUT2D eigenvalue weighted by atomic mass is 9.72. The Morgan fingerprint density at radius 1 is 0.938 bits per heavy atom. The molecule has 0 radical (unpaired) electrons. The number of halogens is 2. The number of benzene rings is 2. The zero-order valence-electron chi connectivity index (χ0n) is 18.9. The number of aliphatic hydroxyl groups is 1. The molecule has 1 saturated carbocycles. The first kappa shape index (κ1) is 26.6. The highest BCUT2D eigenvalue weighted by atomic mass is 35.5. The van der Waals surface area contributed by atoms with E-state index >= 15 is 0 Å². The van der Waals surface area contributed by atoms with Crippen LogP contribution in [0.4, 0.5) is 0 Å². The molecule has 1 heterocycles. The van der Waals surface area contributed by atoms with Crippen LogP contribution in [0.15, 0.2) is 48.5 Å². The molecule has 2 aromatic carbocycles. The summed E-state index contributed by atoms with van der Waals surface area (Å²) in [6.07, 6.45) is 5.27. The third kappa shape index (κ3) is 6.25. The summed E-state index contributed by atoms with van der Waals surface area (Å²) >= 11 is 0. The molecule has 1 N–H and O–H groups in total. The lowest BCUT2D eigenvalue weighted by Gasteiger charge is -2.43. The van der Waals surface area contributed by atoms with E-state index in [4.69, 9.17) is 0 Å². The van der Waals surface area contributed by atoms with Gasteiger partial charge in [0.15, 0.2) is 0 Å². The summed E-state index contributed by atoms with van der Waals surface area (Å²) in [7, 11) is 2.18. The van der Waals surface area contributed by atoms with Gasteiger partial charge in [-0.2, -0.15) is 5.26 Å². The van der Waals surface area contributed by atoms with Crippen LogP contribution in [0.2, 0.25) is 0 Å². The monoisotopic (exact) mass is 475 g/mol. The summed E-state index contributed by atoms with van der Waals surface area (Å²) in [5.74, 6) is 0.140. The first-order chi connectivity index (χ1) is 14.6. The molecule has 2 aliphatic rings. The van der Waals surface area contributed by atoms with Crippen molar-refractivity contribution in [1.82, 2.24) is 9.80 Å². The fourth-order valence-corrected chi connectivity index (χ4v) is 5.06. The summed E-state index contributed by atoms with van der Waals surface area (Å²) in [4.78, 5) is 4.91. The molecule has 1 unspecified atom stereocenters. The predicted octanol–water partition coefficient (Wildman–Crippen LogP) is 5.10. The van der Waals surface area contributed by atoms with E-state index in [1.807, 2.05) is 24.3 Å². The lowest BCUT2D eigenvalue weighted by Crippen LogP contribution is -2.50. The largest absolute Gasteiger partial charge is 0.389 e. The maximum Gasteiger partial charge on any atom is 0.0991 e. The van der Waals surface area contributed by atoms with Gasteiger partial charge in [-0.05, 0) is 48.7 Å². The Balaban J connectivity index is 0.00000181. The molecular formula is C26H35Cl2N3O. The highest BCUT2D eigenvalue weighted by molar-refractivity contribution is 5.85. The van der Waals surface area contributed by atoms with E-state index in [-0.39, 0.29) is 30.7 Å². The van der Waals surface area contributed by atoms with E-state index in [1.54, 1.807) is 0 Å². The first-order valence-electron chi connectivity index (χ1n) is 11.3. The van der Waals surface area contributed by atoms with Gasteiger partial charge in [-0.15, -0.1) is 24.8 Å². The van der Waals surface area contributed by atoms with Crippen LogP contribution in [0.5, 0.6) is 0 Å². The molecule has 0 bridgehead atoms. The van der Waals surface area contributed by atoms with Crippen LogP contribution in [-0.4, -0.2) is 60.3 Å². The number of rotatable bonds is 5. The average Bonchev–Trinajstić information content (AvgIpc) is 2.79. The standard InChI is InChI=1S/C26H33N3O.2ClH/c1-28-14-16-29(17-15-28)20-25(26(30)12-3-2-4-13-26)23-10-8-22(9-11-23)24-7-5-6-21(18-24)19-27;;/h5-11,18,25,30H,2-4,12-17,20H2,1H3;2*1H. The van der Waals surface area contributed by atoms with Crippen molar-refractivity contribution in [3.8, 4) is 17.2 Å².